The minimum atomic E-state index is -0.889. The number of aromatic nitrogens is 2. The second-order valence-corrected chi connectivity index (χ2v) is 11.4. The SMILES string of the molecule is C[S+](O)c1ccc(-n2c(=O)ccc3cnc4ccc(-c5ccc(Cl)cc5)cc4c32)cc1CN1CCNCC1. The third kappa shape index (κ3) is 4.84. The van der Waals surface area contributed by atoms with Gasteiger partial charge >= 0.3 is 0 Å². The fourth-order valence-corrected chi connectivity index (χ4v) is 6.11. The van der Waals surface area contributed by atoms with Gasteiger partial charge in [0.05, 0.1) is 11.0 Å². The second-order valence-electron chi connectivity index (χ2n) is 9.60. The number of rotatable bonds is 5. The molecule has 3 aromatic carbocycles. The van der Waals surface area contributed by atoms with E-state index in [-0.39, 0.29) is 5.56 Å². The second kappa shape index (κ2) is 10.5. The van der Waals surface area contributed by atoms with Gasteiger partial charge in [-0.05, 0) is 59.7 Å². The summed E-state index contributed by atoms with van der Waals surface area (Å²) in [6.07, 6.45) is 3.64. The van der Waals surface area contributed by atoms with Gasteiger partial charge in [-0.1, -0.05) is 29.8 Å². The minimum Gasteiger partial charge on any atom is -0.314 e. The first-order chi connectivity index (χ1) is 18.5. The molecule has 2 aromatic heterocycles. The Hall–Kier alpha value is -3.20. The molecule has 0 amide bonds. The van der Waals surface area contributed by atoms with Crippen molar-refractivity contribution in [2.75, 3.05) is 32.4 Å². The van der Waals surface area contributed by atoms with Crippen LogP contribution in [0.2, 0.25) is 5.02 Å². The van der Waals surface area contributed by atoms with Gasteiger partial charge in [0.25, 0.3) is 5.56 Å². The molecule has 192 valence electrons. The smallest absolute Gasteiger partial charge is 0.255 e. The van der Waals surface area contributed by atoms with Crippen molar-refractivity contribution in [1.82, 2.24) is 19.8 Å². The molecule has 8 heteroatoms. The largest absolute Gasteiger partial charge is 0.314 e. The zero-order chi connectivity index (χ0) is 26.2. The van der Waals surface area contributed by atoms with Crippen molar-refractivity contribution in [1.29, 1.82) is 0 Å². The zero-order valence-corrected chi connectivity index (χ0v) is 22.6. The van der Waals surface area contributed by atoms with Gasteiger partial charge in [0.1, 0.15) is 6.26 Å². The predicted molar refractivity (Wildman–Crippen MR) is 158 cm³/mol. The maximum atomic E-state index is 13.5. The Morgan fingerprint density at radius 3 is 2.50 bits per heavy atom. The van der Waals surface area contributed by atoms with Crippen molar-refractivity contribution in [3.63, 3.8) is 0 Å². The summed E-state index contributed by atoms with van der Waals surface area (Å²) in [6.45, 7) is 4.52. The van der Waals surface area contributed by atoms with Crippen molar-refractivity contribution in [3.05, 3.63) is 99.9 Å². The Morgan fingerprint density at radius 1 is 0.974 bits per heavy atom. The average Bonchev–Trinajstić information content (AvgIpc) is 2.93. The van der Waals surface area contributed by atoms with Gasteiger partial charge in [0.15, 0.2) is 16.1 Å². The summed E-state index contributed by atoms with van der Waals surface area (Å²) in [6, 6.07) is 23.3. The summed E-state index contributed by atoms with van der Waals surface area (Å²) in [4.78, 5) is 21.4. The summed E-state index contributed by atoms with van der Waals surface area (Å²) in [7, 11) is 0. The molecule has 0 bridgehead atoms. The third-order valence-corrected chi connectivity index (χ3v) is 8.41. The fraction of sp³-hybridized carbons (Fsp3) is 0.200. The Bertz CT molecular complexity index is 1700. The van der Waals surface area contributed by atoms with E-state index in [2.05, 4.69) is 27.3 Å². The number of halogens is 1. The highest BCUT2D eigenvalue weighted by molar-refractivity contribution is 7.90. The number of benzene rings is 3. The minimum absolute atomic E-state index is 0.109. The van der Waals surface area contributed by atoms with Crippen molar-refractivity contribution < 1.29 is 4.55 Å². The molecule has 1 saturated heterocycles. The van der Waals surface area contributed by atoms with E-state index >= 15 is 0 Å². The number of pyridine rings is 2. The first kappa shape index (κ1) is 25.1. The topological polar surface area (TPSA) is 70.4 Å². The van der Waals surface area contributed by atoms with Gasteiger partial charge in [-0.25, -0.2) is 0 Å². The molecule has 1 atom stereocenters. The van der Waals surface area contributed by atoms with E-state index < -0.39 is 11.2 Å². The number of fused-ring (bicyclic) bond motifs is 3. The first-order valence-electron chi connectivity index (χ1n) is 12.6. The monoisotopic (exact) mass is 543 g/mol. The molecule has 1 unspecified atom stereocenters. The predicted octanol–water partition coefficient (Wildman–Crippen LogP) is 5.34. The van der Waals surface area contributed by atoms with Gasteiger partial charge in [-0.2, -0.15) is 4.55 Å². The number of nitrogens with one attached hydrogen (secondary N) is 1. The van der Waals surface area contributed by atoms with E-state index in [1.807, 2.05) is 67.0 Å². The molecule has 6 nitrogen and oxygen atoms in total. The van der Waals surface area contributed by atoms with Crippen molar-refractivity contribution in [3.8, 4) is 16.8 Å². The maximum Gasteiger partial charge on any atom is 0.255 e. The molecule has 0 aliphatic carbocycles. The summed E-state index contributed by atoms with van der Waals surface area (Å²) >= 11 is 5.22. The van der Waals surface area contributed by atoms with Gasteiger partial charge in [0, 0.05) is 72.0 Å². The zero-order valence-electron chi connectivity index (χ0n) is 21.0. The van der Waals surface area contributed by atoms with Crippen molar-refractivity contribution in [2.24, 2.45) is 0 Å². The Balaban J connectivity index is 1.55. The van der Waals surface area contributed by atoms with E-state index in [1.54, 1.807) is 10.6 Å². The molecule has 5 aromatic rings. The van der Waals surface area contributed by atoms with Crippen LogP contribution in [0.3, 0.4) is 0 Å². The Morgan fingerprint density at radius 2 is 1.74 bits per heavy atom. The van der Waals surface area contributed by atoms with Crippen LogP contribution in [0.15, 0.2) is 88.7 Å². The lowest BCUT2D eigenvalue weighted by Gasteiger charge is -2.27. The van der Waals surface area contributed by atoms with E-state index in [0.717, 1.165) is 81.8 Å². The Kier molecular flexibility index (Phi) is 6.95. The van der Waals surface area contributed by atoms with E-state index in [0.29, 0.717) is 5.02 Å². The highest BCUT2D eigenvalue weighted by atomic mass is 35.5. The van der Waals surface area contributed by atoms with Gasteiger partial charge in [-0.3, -0.25) is 19.2 Å². The molecule has 1 aliphatic heterocycles. The molecular weight excluding hydrogens is 516 g/mol. The van der Waals surface area contributed by atoms with Crippen LogP contribution in [0.1, 0.15) is 5.56 Å². The maximum absolute atomic E-state index is 13.5. The van der Waals surface area contributed by atoms with Crippen LogP contribution < -0.4 is 10.9 Å². The molecule has 2 N–H and O–H groups in total. The first-order valence-corrected chi connectivity index (χ1v) is 14.6. The fourth-order valence-electron chi connectivity index (χ4n) is 5.22. The summed E-state index contributed by atoms with van der Waals surface area (Å²) in [5, 5.41) is 5.87. The van der Waals surface area contributed by atoms with Crippen LogP contribution in [-0.2, 0) is 17.7 Å². The van der Waals surface area contributed by atoms with Crippen LogP contribution in [-0.4, -0.2) is 51.4 Å². The van der Waals surface area contributed by atoms with Crippen LogP contribution in [0, 0.1) is 0 Å². The molecular formula is C30H28ClN4O2S+. The van der Waals surface area contributed by atoms with Crippen LogP contribution >= 0.6 is 11.6 Å². The molecule has 3 heterocycles. The number of hydrogen-bond acceptors (Lipinski definition) is 5. The third-order valence-electron chi connectivity index (χ3n) is 7.12. The molecule has 38 heavy (non-hydrogen) atoms. The van der Waals surface area contributed by atoms with E-state index in [1.165, 1.54) is 0 Å². The number of hydrogen-bond donors (Lipinski definition) is 2. The summed E-state index contributed by atoms with van der Waals surface area (Å²) in [5.41, 5.74) is 5.42. The lowest BCUT2D eigenvalue weighted by atomic mass is 10.0. The number of nitrogens with zero attached hydrogens (tertiary/aromatic N) is 3. The van der Waals surface area contributed by atoms with E-state index in [4.69, 9.17) is 11.6 Å². The van der Waals surface area contributed by atoms with Crippen molar-refractivity contribution in [2.45, 2.75) is 11.4 Å². The molecule has 0 radical (unpaired) electrons. The lowest BCUT2D eigenvalue weighted by Crippen LogP contribution is -2.43. The average molecular weight is 544 g/mol. The standard InChI is InChI=1S/C30H28ClN4O2S/c1-38(37)28-10-8-25(16-23(28)19-34-14-12-32-13-15-34)35-29(36)11-5-22-18-33-27-9-4-21(17-26(27)30(22)35)20-2-6-24(31)7-3-20/h2-11,16-18,32,37H,12-15,19H2,1H3/q+1. The van der Waals surface area contributed by atoms with Gasteiger partial charge in [-0.15, -0.1) is 0 Å². The summed E-state index contributed by atoms with van der Waals surface area (Å²) in [5.74, 6) is 0. The lowest BCUT2D eigenvalue weighted by molar-refractivity contribution is 0.231. The van der Waals surface area contributed by atoms with Gasteiger partial charge in [0.2, 0.25) is 0 Å². The van der Waals surface area contributed by atoms with Crippen LogP contribution in [0.5, 0.6) is 0 Å². The Labute approximate surface area is 229 Å². The molecule has 6 rings (SSSR count). The van der Waals surface area contributed by atoms with Crippen LogP contribution in [0.25, 0.3) is 38.6 Å². The highest BCUT2D eigenvalue weighted by Gasteiger charge is 2.22. The van der Waals surface area contributed by atoms with Crippen molar-refractivity contribution >= 4 is 44.6 Å². The van der Waals surface area contributed by atoms with Crippen LogP contribution in [0.4, 0.5) is 0 Å². The molecule has 1 aliphatic rings. The number of piperazine rings is 1. The quantitative estimate of drug-likeness (QED) is 0.231. The molecule has 0 saturated carbocycles. The van der Waals surface area contributed by atoms with E-state index in [9.17, 15) is 9.35 Å². The molecule has 0 spiro atoms. The molecule has 1 fully saturated rings. The summed E-state index contributed by atoms with van der Waals surface area (Å²) < 4.78 is 12.3. The highest BCUT2D eigenvalue weighted by Crippen LogP contribution is 2.31. The van der Waals surface area contributed by atoms with Gasteiger partial charge < -0.3 is 5.32 Å². The normalized spacial score (nSPS) is 15.2.